The summed E-state index contributed by atoms with van der Waals surface area (Å²) in [5, 5.41) is 0. The lowest BCUT2D eigenvalue weighted by atomic mass is 9.90. The molecule has 0 aliphatic carbocycles. The van der Waals surface area contributed by atoms with Gasteiger partial charge in [-0.1, -0.05) is 74.5 Å². The summed E-state index contributed by atoms with van der Waals surface area (Å²) in [5.74, 6) is 2.08. The number of carbonyl (C=O) groups is 1. The van der Waals surface area contributed by atoms with Crippen molar-refractivity contribution in [3.8, 4) is 0 Å². The van der Waals surface area contributed by atoms with Crippen molar-refractivity contribution in [3.05, 3.63) is 88.9 Å². The molecule has 33 heavy (non-hydrogen) atoms. The third-order valence-electron chi connectivity index (χ3n) is 6.43. The number of aromatic nitrogens is 2. The van der Waals surface area contributed by atoms with E-state index in [0.29, 0.717) is 12.5 Å². The first kappa shape index (κ1) is 23.0. The second-order valence-electron chi connectivity index (χ2n) is 9.17. The van der Waals surface area contributed by atoms with Crippen LogP contribution in [0.15, 0.2) is 60.7 Å². The molecule has 1 amide bonds. The topological polar surface area (TPSA) is 49.3 Å². The highest BCUT2D eigenvalue weighted by Gasteiger charge is 2.30. The van der Waals surface area contributed by atoms with Crippen molar-refractivity contribution in [1.29, 1.82) is 0 Å². The number of hydrogen-bond acceptors (Lipinski definition) is 4. The predicted octanol–water partition coefficient (Wildman–Crippen LogP) is 5.09. The molecule has 0 spiro atoms. The molecule has 0 atom stereocenters. The molecule has 1 aliphatic heterocycles. The minimum atomic E-state index is -0.284. The van der Waals surface area contributed by atoms with Gasteiger partial charge >= 0.3 is 0 Å². The molecule has 2 aromatic carbocycles. The molecule has 5 nitrogen and oxygen atoms in total. The van der Waals surface area contributed by atoms with Gasteiger partial charge in [0.15, 0.2) is 0 Å². The van der Waals surface area contributed by atoms with Gasteiger partial charge in [-0.05, 0) is 37.3 Å². The van der Waals surface area contributed by atoms with Crippen molar-refractivity contribution < 1.29 is 4.79 Å². The van der Waals surface area contributed by atoms with E-state index in [1.54, 1.807) is 0 Å². The Bertz CT molecular complexity index is 1040. The van der Waals surface area contributed by atoms with Crippen LogP contribution in [-0.2, 0) is 4.79 Å². The van der Waals surface area contributed by atoms with E-state index in [0.717, 1.165) is 54.5 Å². The van der Waals surface area contributed by atoms with E-state index in [4.69, 9.17) is 4.98 Å². The first-order valence-electron chi connectivity index (χ1n) is 11.9. The molecule has 172 valence electrons. The van der Waals surface area contributed by atoms with Crippen LogP contribution in [0.1, 0.15) is 60.3 Å². The number of rotatable bonds is 5. The highest BCUT2D eigenvalue weighted by atomic mass is 16.2. The number of carbonyl (C=O) groups excluding carboxylic acids is 1. The second-order valence-corrected chi connectivity index (χ2v) is 9.17. The molecule has 0 saturated carbocycles. The second kappa shape index (κ2) is 10.2. The summed E-state index contributed by atoms with van der Waals surface area (Å²) in [6, 6.07) is 20.3. The summed E-state index contributed by atoms with van der Waals surface area (Å²) in [4.78, 5) is 27.7. The zero-order chi connectivity index (χ0) is 23.4. The van der Waals surface area contributed by atoms with Gasteiger partial charge in [0.1, 0.15) is 11.6 Å². The highest BCUT2D eigenvalue weighted by Crippen LogP contribution is 2.30. The Balaban J connectivity index is 1.59. The Kier molecular flexibility index (Phi) is 7.07. The predicted molar refractivity (Wildman–Crippen MR) is 134 cm³/mol. The van der Waals surface area contributed by atoms with Gasteiger partial charge in [0.05, 0.1) is 5.92 Å². The molecule has 2 heterocycles. The Labute approximate surface area is 197 Å². The van der Waals surface area contributed by atoms with Gasteiger partial charge in [-0.25, -0.2) is 9.97 Å². The van der Waals surface area contributed by atoms with Crippen LogP contribution in [0.3, 0.4) is 0 Å². The molecule has 1 aromatic heterocycles. The third-order valence-corrected chi connectivity index (χ3v) is 6.43. The number of aryl methyl sites for hydroxylation is 2. The van der Waals surface area contributed by atoms with Crippen molar-refractivity contribution in [2.45, 2.75) is 46.0 Å². The van der Waals surface area contributed by atoms with Gasteiger partial charge in [-0.3, -0.25) is 4.79 Å². The number of amides is 1. The minimum Gasteiger partial charge on any atom is -0.354 e. The van der Waals surface area contributed by atoms with E-state index in [2.05, 4.69) is 54.9 Å². The molecule has 0 radical (unpaired) electrons. The van der Waals surface area contributed by atoms with Crippen LogP contribution in [0, 0.1) is 13.8 Å². The summed E-state index contributed by atoms with van der Waals surface area (Å²) in [5.41, 5.74) is 4.35. The maximum absolute atomic E-state index is 13.9. The summed E-state index contributed by atoms with van der Waals surface area (Å²) in [6.07, 6.45) is 0.918. The van der Waals surface area contributed by atoms with Crippen LogP contribution >= 0.6 is 0 Å². The maximum Gasteiger partial charge on any atom is 0.234 e. The van der Waals surface area contributed by atoms with Crippen LogP contribution in [0.2, 0.25) is 0 Å². The van der Waals surface area contributed by atoms with Crippen LogP contribution in [0.5, 0.6) is 0 Å². The molecule has 0 bridgehead atoms. The minimum absolute atomic E-state index is 0.174. The molecule has 3 aromatic rings. The molecule has 4 rings (SSSR count). The average molecular weight is 443 g/mol. The van der Waals surface area contributed by atoms with Crippen molar-refractivity contribution in [3.63, 3.8) is 0 Å². The molecular formula is C28H34N4O. The fourth-order valence-electron chi connectivity index (χ4n) is 4.92. The highest BCUT2D eigenvalue weighted by molar-refractivity contribution is 5.87. The van der Waals surface area contributed by atoms with E-state index in [1.807, 2.05) is 48.2 Å². The van der Waals surface area contributed by atoms with E-state index >= 15 is 0 Å². The van der Waals surface area contributed by atoms with Crippen LogP contribution in [-0.4, -0.2) is 47.0 Å². The molecule has 0 N–H and O–H groups in total. The molecule has 5 heteroatoms. The zero-order valence-corrected chi connectivity index (χ0v) is 20.2. The molecule has 1 saturated heterocycles. The van der Waals surface area contributed by atoms with Gasteiger partial charge < -0.3 is 9.80 Å². The van der Waals surface area contributed by atoms with Gasteiger partial charge in [0.2, 0.25) is 5.91 Å². The summed E-state index contributed by atoms with van der Waals surface area (Å²) in [7, 11) is 0. The smallest absolute Gasteiger partial charge is 0.234 e. The van der Waals surface area contributed by atoms with Crippen molar-refractivity contribution in [1.82, 2.24) is 14.9 Å². The van der Waals surface area contributed by atoms with Crippen molar-refractivity contribution in [2.75, 3.05) is 31.1 Å². The average Bonchev–Trinajstić information content (AvgIpc) is 3.06. The van der Waals surface area contributed by atoms with Crippen LogP contribution in [0.4, 0.5) is 5.82 Å². The van der Waals surface area contributed by atoms with Crippen LogP contribution in [0.25, 0.3) is 0 Å². The van der Waals surface area contributed by atoms with E-state index in [9.17, 15) is 4.79 Å². The Morgan fingerprint density at radius 2 is 1.42 bits per heavy atom. The molecule has 1 aliphatic rings. The van der Waals surface area contributed by atoms with E-state index in [-0.39, 0.29) is 11.8 Å². The fourth-order valence-corrected chi connectivity index (χ4v) is 4.92. The summed E-state index contributed by atoms with van der Waals surface area (Å²) >= 11 is 0. The Hall–Kier alpha value is -3.21. The van der Waals surface area contributed by atoms with Gasteiger partial charge in [0.25, 0.3) is 0 Å². The quantitative estimate of drug-likeness (QED) is 0.552. The monoisotopic (exact) mass is 442 g/mol. The van der Waals surface area contributed by atoms with Crippen molar-refractivity contribution >= 4 is 11.7 Å². The summed E-state index contributed by atoms with van der Waals surface area (Å²) in [6.45, 7) is 11.5. The van der Waals surface area contributed by atoms with E-state index in [1.165, 1.54) is 5.56 Å². The van der Waals surface area contributed by atoms with Gasteiger partial charge in [0, 0.05) is 37.4 Å². The Morgan fingerprint density at radius 3 is 2.00 bits per heavy atom. The Morgan fingerprint density at radius 1 is 0.818 bits per heavy atom. The first-order chi connectivity index (χ1) is 16.0. The number of hydrogen-bond donors (Lipinski definition) is 0. The van der Waals surface area contributed by atoms with E-state index < -0.39 is 0 Å². The molecule has 0 unspecified atom stereocenters. The van der Waals surface area contributed by atoms with Crippen molar-refractivity contribution in [2.24, 2.45) is 0 Å². The molecular weight excluding hydrogens is 408 g/mol. The van der Waals surface area contributed by atoms with Crippen LogP contribution < -0.4 is 4.90 Å². The lowest BCUT2D eigenvalue weighted by Gasteiger charge is -2.28. The maximum atomic E-state index is 13.9. The van der Waals surface area contributed by atoms with Gasteiger partial charge in [-0.15, -0.1) is 0 Å². The largest absolute Gasteiger partial charge is 0.354 e. The lowest BCUT2D eigenvalue weighted by molar-refractivity contribution is -0.131. The third kappa shape index (κ3) is 5.08. The normalized spacial score (nSPS) is 14.6. The number of nitrogens with zero attached hydrogens (tertiary/aromatic N) is 4. The lowest BCUT2D eigenvalue weighted by Crippen LogP contribution is -2.39. The molecule has 1 fully saturated rings. The zero-order valence-electron chi connectivity index (χ0n) is 20.2. The first-order valence-corrected chi connectivity index (χ1v) is 11.9. The standard InChI is InChI=1S/C28H34N4O/c1-20(2)25-21(3)29-22(4)30-27(25)31-16-11-17-32(19-18-31)28(33)26(23-12-7-5-8-13-23)24-14-9-6-10-15-24/h5-10,12-15,20,26H,11,16-19H2,1-4H3. The number of benzene rings is 2. The SMILES string of the molecule is Cc1nc(C)c(C(C)C)c(N2CCCN(C(=O)C(c3ccccc3)c3ccccc3)CC2)n1. The fraction of sp³-hybridized carbons (Fsp3) is 0.393. The van der Waals surface area contributed by atoms with Gasteiger partial charge in [-0.2, -0.15) is 0 Å². The summed E-state index contributed by atoms with van der Waals surface area (Å²) < 4.78 is 0. The number of anilines is 1.